The SMILES string of the molecule is C=CCC1C=CCC(CC=C)N1C(=O)OC(C)(C)C. The van der Waals surface area contributed by atoms with Crippen LogP contribution in [-0.2, 0) is 4.74 Å². The lowest BCUT2D eigenvalue weighted by atomic mass is 9.98. The van der Waals surface area contributed by atoms with Gasteiger partial charge in [0.1, 0.15) is 5.60 Å². The van der Waals surface area contributed by atoms with Gasteiger partial charge in [-0.1, -0.05) is 24.3 Å². The summed E-state index contributed by atoms with van der Waals surface area (Å²) in [4.78, 5) is 14.2. The lowest BCUT2D eigenvalue weighted by molar-refractivity contribution is 0.00869. The highest BCUT2D eigenvalue weighted by Crippen LogP contribution is 2.25. The monoisotopic (exact) mass is 263 g/mol. The third kappa shape index (κ3) is 4.58. The van der Waals surface area contributed by atoms with Crippen LogP contribution in [0, 0.1) is 0 Å². The number of ether oxygens (including phenoxy) is 1. The first-order valence-electron chi connectivity index (χ1n) is 6.79. The second-order valence-corrected chi connectivity index (χ2v) is 5.82. The van der Waals surface area contributed by atoms with Crippen molar-refractivity contribution in [2.45, 2.75) is 57.7 Å². The maximum absolute atomic E-state index is 12.4. The first-order valence-corrected chi connectivity index (χ1v) is 6.79. The van der Waals surface area contributed by atoms with E-state index in [0.717, 1.165) is 19.3 Å². The summed E-state index contributed by atoms with van der Waals surface area (Å²) < 4.78 is 5.51. The van der Waals surface area contributed by atoms with Gasteiger partial charge in [0.15, 0.2) is 0 Å². The van der Waals surface area contributed by atoms with E-state index in [1.807, 2.05) is 37.8 Å². The van der Waals surface area contributed by atoms with Crippen LogP contribution >= 0.6 is 0 Å². The Hall–Kier alpha value is -1.51. The van der Waals surface area contributed by atoms with Gasteiger partial charge in [-0.05, 0) is 40.0 Å². The molecule has 1 aliphatic rings. The fraction of sp³-hybridized carbons (Fsp3) is 0.562. The van der Waals surface area contributed by atoms with Crippen molar-refractivity contribution in [1.82, 2.24) is 4.90 Å². The fourth-order valence-electron chi connectivity index (χ4n) is 2.23. The first-order chi connectivity index (χ1) is 8.89. The molecular formula is C16H25NO2. The summed E-state index contributed by atoms with van der Waals surface area (Å²) in [5.74, 6) is 0. The second kappa shape index (κ2) is 6.60. The van der Waals surface area contributed by atoms with Crippen LogP contribution in [0.4, 0.5) is 4.79 Å². The molecule has 0 saturated heterocycles. The summed E-state index contributed by atoms with van der Waals surface area (Å²) in [6.07, 6.45) is 9.98. The first kappa shape index (κ1) is 15.5. The molecule has 0 aromatic heterocycles. The molecular weight excluding hydrogens is 238 g/mol. The molecule has 0 fully saturated rings. The average molecular weight is 263 g/mol. The summed E-state index contributed by atoms with van der Waals surface area (Å²) in [5, 5.41) is 0. The molecule has 3 nitrogen and oxygen atoms in total. The largest absolute Gasteiger partial charge is 0.444 e. The molecule has 0 spiro atoms. The van der Waals surface area contributed by atoms with Crippen LogP contribution < -0.4 is 0 Å². The molecule has 1 amide bonds. The second-order valence-electron chi connectivity index (χ2n) is 5.82. The van der Waals surface area contributed by atoms with Crippen LogP contribution in [-0.4, -0.2) is 28.7 Å². The molecule has 2 atom stereocenters. The molecule has 2 unspecified atom stereocenters. The molecule has 0 radical (unpaired) electrons. The minimum atomic E-state index is -0.476. The Labute approximate surface area is 116 Å². The zero-order valence-electron chi connectivity index (χ0n) is 12.3. The van der Waals surface area contributed by atoms with Crippen molar-refractivity contribution < 1.29 is 9.53 Å². The van der Waals surface area contributed by atoms with Crippen LogP contribution in [0.25, 0.3) is 0 Å². The lowest BCUT2D eigenvalue weighted by Gasteiger charge is -2.39. The number of carbonyl (C=O) groups excluding carboxylic acids is 1. The van der Waals surface area contributed by atoms with Crippen LogP contribution in [0.2, 0.25) is 0 Å². The van der Waals surface area contributed by atoms with E-state index >= 15 is 0 Å². The van der Waals surface area contributed by atoms with Crippen LogP contribution in [0.15, 0.2) is 37.5 Å². The average Bonchev–Trinajstić information content (AvgIpc) is 2.27. The molecule has 3 heteroatoms. The van der Waals surface area contributed by atoms with E-state index in [0.29, 0.717) is 0 Å². The Morgan fingerprint density at radius 1 is 1.37 bits per heavy atom. The number of carbonyl (C=O) groups is 1. The van der Waals surface area contributed by atoms with Crippen LogP contribution in [0.5, 0.6) is 0 Å². The predicted octanol–water partition coefficient (Wildman–Crippen LogP) is 4.07. The lowest BCUT2D eigenvalue weighted by Crippen LogP contribution is -2.49. The van der Waals surface area contributed by atoms with Crippen molar-refractivity contribution >= 4 is 6.09 Å². The van der Waals surface area contributed by atoms with Gasteiger partial charge in [-0.3, -0.25) is 4.90 Å². The molecule has 0 aromatic rings. The normalized spacial score (nSPS) is 23.0. The van der Waals surface area contributed by atoms with Crippen molar-refractivity contribution in [1.29, 1.82) is 0 Å². The van der Waals surface area contributed by atoms with Crippen molar-refractivity contribution in [3.63, 3.8) is 0 Å². The Morgan fingerprint density at radius 2 is 2.00 bits per heavy atom. The molecule has 0 aliphatic carbocycles. The van der Waals surface area contributed by atoms with E-state index in [-0.39, 0.29) is 18.2 Å². The molecule has 1 rings (SSSR count). The molecule has 1 aliphatic heterocycles. The van der Waals surface area contributed by atoms with Gasteiger partial charge in [-0.15, -0.1) is 13.2 Å². The number of hydrogen-bond donors (Lipinski definition) is 0. The fourth-order valence-corrected chi connectivity index (χ4v) is 2.23. The minimum Gasteiger partial charge on any atom is -0.444 e. The third-order valence-corrected chi connectivity index (χ3v) is 2.97. The topological polar surface area (TPSA) is 29.5 Å². The summed E-state index contributed by atoms with van der Waals surface area (Å²) in [6, 6.07) is 0.161. The van der Waals surface area contributed by atoms with Gasteiger partial charge in [0.25, 0.3) is 0 Å². The van der Waals surface area contributed by atoms with Crippen molar-refractivity contribution in [3.8, 4) is 0 Å². The van der Waals surface area contributed by atoms with Gasteiger partial charge in [0.2, 0.25) is 0 Å². The zero-order valence-corrected chi connectivity index (χ0v) is 12.3. The highest BCUT2D eigenvalue weighted by atomic mass is 16.6. The Balaban J connectivity index is 2.91. The number of hydrogen-bond acceptors (Lipinski definition) is 2. The smallest absolute Gasteiger partial charge is 0.411 e. The van der Waals surface area contributed by atoms with Gasteiger partial charge < -0.3 is 4.74 Å². The molecule has 106 valence electrons. The third-order valence-electron chi connectivity index (χ3n) is 2.97. The maximum atomic E-state index is 12.4. The van der Waals surface area contributed by atoms with E-state index in [4.69, 9.17) is 4.74 Å². The predicted molar refractivity (Wildman–Crippen MR) is 79.0 cm³/mol. The molecule has 19 heavy (non-hydrogen) atoms. The van der Waals surface area contributed by atoms with Crippen LogP contribution in [0.1, 0.15) is 40.0 Å². The van der Waals surface area contributed by atoms with E-state index in [2.05, 4.69) is 25.3 Å². The summed E-state index contributed by atoms with van der Waals surface area (Å²) in [5.41, 5.74) is -0.476. The van der Waals surface area contributed by atoms with Gasteiger partial charge >= 0.3 is 6.09 Å². The van der Waals surface area contributed by atoms with E-state index in [1.165, 1.54) is 0 Å². The Kier molecular flexibility index (Phi) is 5.40. The summed E-state index contributed by atoms with van der Waals surface area (Å²) in [7, 11) is 0. The minimum absolute atomic E-state index is 0.0334. The van der Waals surface area contributed by atoms with Crippen molar-refractivity contribution in [2.24, 2.45) is 0 Å². The van der Waals surface area contributed by atoms with E-state index in [1.54, 1.807) is 0 Å². The Morgan fingerprint density at radius 3 is 2.53 bits per heavy atom. The van der Waals surface area contributed by atoms with E-state index < -0.39 is 5.60 Å². The number of rotatable bonds is 4. The van der Waals surface area contributed by atoms with Gasteiger partial charge in [0, 0.05) is 6.04 Å². The molecule has 0 aromatic carbocycles. The van der Waals surface area contributed by atoms with Gasteiger partial charge in [-0.25, -0.2) is 4.79 Å². The molecule has 0 bridgehead atoms. The van der Waals surface area contributed by atoms with E-state index in [9.17, 15) is 4.79 Å². The van der Waals surface area contributed by atoms with Crippen LogP contribution in [0.3, 0.4) is 0 Å². The summed E-state index contributed by atoms with van der Waals surface area (Å²) >= 11 is 0. The highest BCUT2D eigenvalue weighted by Gasteiger charge is 2.33. The van der Waals surface area contributed by atoms with Crippen molar-refractivity contribution in [3.05, 3.63) is 37.5 Å². The molecule has 0 N–H and O–H groups in total. The zero-order chi connectivity index (χ0) is 14.5. The summed E-state index contributed by atoms with van der Waals surface area (Å²) in [6.45, 7) is 13.2. The maximum Gasteiger partial charge on any atom is 0.411 e. The molecule has 1 heterocycles. The molecule has 0 saturated carbocycles. The standard InChI is InChI=1S/C16H25NO2/c1-6-9-13-11-8-12-14(10-7-2)17(13)15(18)19-16(3,4)5/h6-8,11,13-14H,1-2,9-10,12H2,3-5H3. The number of amides is 1. The van der Waals surface area contributed by atoms with Crippen molar-refractivity contribution in [2.75, 3.05) is 0 Å². The van der Waals surface area contributed by atoms with Gasteiger partial charge in [-0.2, -0.15) is 0 Å². The van der Waals surface area contributed by atoms with Gasteiger partial charge in [0.05, 0.1) is 6.04 Å². The highest BCUT2D eigenvalue weighted by molar-refractivity contribution is 5.69. The Bertz CT molecular complexity index is 365. The number of nitrogens with zero attached hydrogens (tertiary/aromatic N) is 1. The quantitative estimate of drug-likeness (QED) is 0.715.